The highest BCUT2D eigenvalue weighted by Gasteiger charge is 2.32. The van der Waals surface area contributed by atoms with Crippen molar-refractivity contribution in [3.63, 3.8) is 0 Å². The van der Waals surface area contributed by atoms with Crippen LogP contribution in [0.1, 0.15) is 86.7 Å². The highest BCUT2D eigenvalue weighted by molar-refractivity contribution is 6.30. The van der Waals surface area contributed by atoms with Crippen molar-refractivity contribution in [2.24, 2.45) is 0 Å². The van der Waals surface area contributed by atoms with Gasteiger partial charge in [-0.2, -0.15) is 5.10 Å². The topological polar surface area (TPSA) is 64.4 Å². The molecule has 6 nitrogen and oxygen atoms in total. The first-order chi connectivity index (χ1) is 21.9. The molecule has 0 radical (unpaired) electrons. The average molecular weight is 639 g/mol. The molecule has 2 aliphatic rings. The van der Waals surface area contributed by atoms with Gasteiger partial charge >= 0.3 is 5.97 Å². The number of rotatable bonds is 7. The molecule has 7 rings (SSSR count). The van der Waals surface area contributed by atoms with Crippen LogP contribution < -0.4 is 0 Å². The van der Waals surface area contributed by atoms with Crippen LogP contribution in [0.4, 0.5) is 0 Å². The van der Waals surface area contributed by atoms with E-state index in [4.69, 9.17) is 33.0 Å². The second kappa shape index (κ2) is 12.3. The van der Waals surface area contributed by atoms with Gasteiger partial charge in [-0.3, -0.25) is 9.48 Å². The predicted molar refractivity (Wildman–Crippen MR) is 178 cm³/mol. The lowest BCUT2D eigenvalue weighted by Gasteiger charge is -2.31. The Balaban J connectivity index is 1.19. The summed E-state index contributed by atoms with van der Waals surface area (Å²) in [5.41, 5.74) is 6.80. The van der Waals surface area contributed by atoms with E-state index < -0.39 is 5.97 Å². The molecule has 1 saturated heterocycles. The second-order valence-electron chi connectivity index (χ2n) is 12.0. The predicted octanol–water partition coefficient (Wildman–Crippen LogP) is 8.66. The summed E-state index contributed by atoms with van der Waals surface area (Å²) in [6, 6.07) is 30.1. The van der Waals surface area contributed by atoms with Crippen molar-refractivity contribution in [1.29, 1.82) is 0 Å². The fraction of sp³-hybridized carbons (Fsp3) is 0.270. The maximum atomic E-state index is 13.3. The van der Waals surface area contributed by atoms with Crippen molar-refractivity contribution in [3.8, 4) is 0 Å². The number of fused-ring (bicyclic) bond motifs is 1. The third-order valence-corrected chi connectivity index (χ3v) is 9.62. The number of hydrogen-bond donors (Lipinski definition) is 0. The van der Waals surface area contributed by atoms with Crippen molar-refractivity contribution in [3.05, 3.63) is 135 Å². The average Bonchev–Trinajstić information content (AvgIpc) is 3.86. The molecule has 1 saturated carbocycles. The summed E-state index contributed by atoms with van der Waals surface area (Å²) < 4.78 is 7.01. The Bertz CT molecular complexity index is 1810. The Labute approximate surface area is 272 Å². The van der Waals surface area contributed by atoms with E-state index >= 15 is 0 Å². The quantitative estimate of drug-likeness (QED) is 0.132. The van der Waals surface area contributed by atoms with Crippen molar-refractivity contribution in [2.45, 2.75) is 43.6 Å². The molecule has 2 fully saturated rings. The van der Waals surface area contributed by atoms with Crippen LogP contribution in [0.3, 0.4) is 0 Å². The van der Waals surface area contributed by atoms with Crippen LogP contribution in [0.25, 0.3) is 10.9 Å². The van der Waals surface area contributed by atoms with Crippen molar-refractivity contribution >= 4 is 46.0 Å². The number of methoxy groups -OCH3 is 1. The molecule has 0 N–H and O–H groups in total. The van der Waals surface area contributed by atoms with E-state index in [1.54, 1.807) is 24.3 Å². The van der Waals surface area contributed by atoms with E-state index in [0.29, 0.717) is 40.3 Å². The fourth-order valence-corrected chi connectivity index (χ4v) is 6.81. The van der Waals surface area contributed by atoms with Crippen molar-refractivity contribution < 1.29 is 14.3 Å². The van der Waals surface area contributed by atoms with Gasteiger partial charge in [0.15, 0.2) is 0 Å². The van der Waals surface area contributed by atoms with Gasteiger partial charge in [0.05, 0.1) is 29.9 Å². The summed E-state index contributed by atoms with van der Waals surface area (Å²) in [6.07, 6.45) is 3.98. The molecule has 0 unspecified atom stereocenters. The SMILES string of the molecule is COC(=O)c1ccc(C(=O)N2CCC(c3nn(C4CC4)c4ccc(C(c5ccc(Cl)cc5)c5ccc(Cl)cc5)cc34)CC2)cc1. The molecular weight excluding hydrogens is 605 g/mol. The maximum Gasteiger partial charge on any atom is 0.337 e. The summed E-state index contributed by atoms with van der Waals surface area (Å²) in [5, 5.41) is 7.85. The summed E-state index contributed by atoms with van der Waals surface area (Å²) in [6.45, 7) is 1.30. The van der Waals surface area contributed by atoms with Gasteiger partial charge in [-0.1, -0.05) is 53.5 Å². The van der Waals surface area contributed by atoms with Crippen LogP contribution >= 0.6 is 23.2 Å². The largest absolute Gasteiger partial charge is 0.465 e. The highest BCUT2D eigenvalue weighted by atomic mass is 35.5. The number of nitrogens with zero attached hydrogens (tertiary/aromatic N) is 3. The lowest BCUT2D eigenvalue weighted by molar-refractivity contribution is 0.0599. The Morgan fingerprint density at radius 2 is 1.31 bits per heavy atom. The summed E-state index contributed by atoms with van der Waals surface area (Å²) in [5.74, 6) is -0.179. The van der Waals surface area contributed by atoms with Gasteiger partial charge in [0.25, 0.3) is 5.91 Å². The van der Waals surface area contributed by atoms with Gasteiger partial charge in [-0.15, -0.1) is 0 Å². The maximum absolute atomic E-state index is 13.3. The molecule has 0 atom stereocenters. The number of ether oxygens (including phenoxy) is 1. The van der Waals surface area contributed by atoms with E-state index in [-0.39, 0.29) is 17.7 Å². The minimum Gasteiger partial charge on any atom is -0.465 e. The number of halogens is 2. The molecule has 8 heteroatoms. The third-order valence-electron chi connectivity index (χ3n) is 9.11. The lowest BCUT2D eigenvalue weighted by atomic mass is 9.84. The molecule has 2 heterocycles. The molecule has 5 aromatic rings. The minimum absolute atomic E-state index is 0.00565. The van der Waals surface area contributed by atoms with Gasteiger partial charge < -0.3 is 9.64 Å². The first-order valence-electron chi connectivity index (χ1n) is 15.4. The van der Waals surface area contributed by atoms with E-state index in [1.807, 2.05) is 29.2 Å². The molecule has 4 aromatic carbocycles. The lowest BCUT2D eigenvalue weighted by Crippen LogP contribution is -2.38. The van der Waals surface area contributed by atoms with Gasteiger partial charge in [-0.25, -0.2) is 4.79 Å². The number of piperidine rings is 1. The molecule has 1 aliphatic heterocycles. The number of aromatic nitrogens is 2. The van der Waals surface area contributed by atoms with Crippen molar-refractivity contribution in [2.75, 3.05) is 20.2 Å². The monoisotopic (exact) mass is 637 g/mol. The van der Waals surface area contributed by atoms with Crippen LogP contribution in [0.2, 0.25) is 10.0 Å². The number of carbonyl (C=O) groups excluding carboxylic acids is 2. The Kier molecular flexibility index (Phi) is 8.11. The molecule has 1 amide bonds. The smallest absolute Gasteiger partial charge is 0.337 e. The Morgan fingerprint density at radius 1 is 0.756 bits per heavy atom. The summed E-state index contributed by atoms with van der Waals surface area (Å²) in [4.78, 5) is 27.0. The van der Waals surface area contributed by atoms with E-state index in [1.165, 1.54) is 23.6 Å². The fourth-order valence-electron chi connectivity index (χ4n) is 6.55. The van der Waals surface area contributed by atoms with Gasteiger partial charge in [0, 0.05) is 45.9 Å². The first kappa shape index (κ1) is 29.6. The van der Waals surface area contributed by atoms with E-state index in [2.05, 4.69) is 47.1 Å². The normalized spacial score (nSPS) is 15.5. The Hall–Kier alpha value is -4.13. The number of amides is 1. The number of benzene rings is 4. The number of esters is 1. The first-order valence-corrected chi connectivity index (χ1v) is 16.2. The zero-order valence-electron chi connectivity index (χ0n) is 25.0. The third kappa shape index (κ3) is 5.97. The summed E-state index contributed by atoms with van der Waals surface area (Å²) >= 11 is 12.5. The highest BCUT2D eigenvalue weighted by Crippen LogP contribution is 2.42. The van der Waals surface area contributed by atoms with Crippen LogP contribution in [0.5, 0.6) is 0 Å². The zero-order chi connectivity index (χ0) is 31.1. The second-order valence-corrected chi connectivity index (χ2v) is 12.9. The number of hydrogen-bond acceptors (Lipinski definition) is 4. The molecular formula is C37H33Cl2N3O3. The minimum atomic E-state index is -0.413. The van der Waals surface area contributed by atoms with E-state index in [9.17, 15) is 9.59 Å². The van der Waals surface area contributed by atoms with Crippen LogP contribution in [-0.4, -0.2) is 46.8 Å². The van der Waals surface area contributed by atoms with Crippen LogP contribution in [-0.2, 0) is 4.74 Å². The molecule has 0 bridgehead atoms. The molecule has 1 aliphatic carbocycles. The van der Waals surface area contributed by atoms with Crippen LogP contribution in [0.15, 0.2) is 91.0 Å². The standard InChI is InChI=1S/C37H33Cl2N3O3/c1-45-37(44)27-4-2-26(3-5-27)36(43)41-20-18-25(19-21-41)35-32-22-28(10-17-33(32)42(40-35)31-15-16-31)34(23-6-11-29(38)12-7-23)24-8-13-30(39)14-9-24/h2-14,17,22,25,31,34H,15-16,18-21H2,1H3. The van der Waals surface area contributed by atoms with Crippen LogP contribution in [0, 0.1) is 0 Å². The van der Waals surface area contributed by atoms with Gasteiger partial charge in [-0.05, 0) is 103 Å². The van der Waals surface area contributed by atoms with Crippen molar-refractivity contribution in [1.82, 2.24) is 14.7 Å². The Morgan fingerprint density at radius 3 is 1.87 bits per heavy atom. The zero-order valence-corrected chi connectivity index (χ0v) is 26.5. The molecule has 0 spiro atoms. The molecule has 1 aromatic heterocycles. The summed E-state index contributed by atoms with van der Waals surface area (Å²) in [7, 11) is 1.35. The van der Waals surface area contributed by atoms with E-state index in [0.717, 1.165) is 42.5 Å². The molecule has 45 heavy (non-hydrogen) atoms. The number of carbonyl (C=O) groups is 2. The van der Waals surface area contributed by atoms with Gasteiger partial charge in [0.1, 0.15) is 0 Å². The molecule has 228 valence electrons. The van der Waals surface area contributed by atoms with Gasteiger partial charge in [0.2, 0.25) is 0 Å². The number of likely N-dealkylation sites (tertiary alicyclic amines) is 1.